The molecule has 1 aliphatic carbocycles. The first-order valence-electron chi connectivity index (χ1n) is 8.68. The SMILES string of the molecule is O=C(CCC1CCCNC1)c1ccc(O)c2[nH]c(C3CC3)nc12. The molecular weight excluding hydrogens is 290 g/mol. The van der Waals surface area contributed by atoms with Gasteiger partial charge >= 0.3 is 0 Å². The fourth-order valence-electron chi connectivity index (χ4n) is 3.51. The number of aromatic nitrogens is 2. The van der Waals surface area contributed by atoms with Gasteiger partial charge in [-0.3, -0.25) is 4.79 Å². The molecule has 5 nitrogen and oxygen atoms in total. The lowest BCUT2D eigenvalue weighted by molar-refractivity contribution is 0.0973. The van der Waals surface area contributed by atoms with Crippen LogP contribution in [0.25, 0.3) is 11.0 Å². The number of aromatic hydroxyl groups is 1. The van der Waals surface area contributed by atoms with Gasteiger partial charge in [-0.25, -0.2) is 4.98 Å². The smallest absolute Gasteiger partial charge is 0.165 e. The average Bonchev–Trinajstić information content (AvgIpc) is 3.33. The van der Waals surface area contributed by atoms with E-state index in [9.17, 15) is 9.90 Å². The first-order valence-corrected chi connectivity index (χ1v) is 8.68. The Morgan fingerprint density at radius 2 is 2.17 bits per heavy atom. The number of nitrogens with zero attached hydrogens (tertiary/aromatic N) is 1. The zero-order valence-electron chi connectivity index (χ0n) is 13.3. The summed E-state index contributed by atoms with van der Waals surface area (Å²) in [5.41, 5.74) is 1.89. The van der Waals surface area contributed by atoms with Gasteiger partial charge in [-0.05, 0) is 63.2 Å². The predicted octanol–water partition coefficient (Wildman–Crippen LogP) is 3.11. The Balaban J connectivity index is 1.55. The van der Waals surface area contributed by atoms with Crippen LogP contribution in [-0.2, 0) is 0 Å². The van der Waals surface area contributed by atoms with Crippen molar-refractivity contribution in [3.63, 3.8) is 0 Å². The Bertz CT molecular complexity index is 727. The Morgan fingerprint density at radius 1 is 1.30 bits per heavy atom. The Morgan fingerprint density at radius 3 is 2.91 bits per heavy atom. The van der Waals surface area contributed by atoms with E-state index in [0.717, 1.165) is 38.2 Å². The predicted molar refractivity (Wildman–Crippen MR) is 88.9 cm³/mol. The van der Waals surface area contributed by atoms with Crippen molar-refractivity contribution in [1.82, 2.24) is 15.3 Å². The van der Waals surface area contributed by atoms with Gasteiger partial charge in [-0.1, -0.05) is 0 Å². The van der Waals surface area contributed by atoms with Crippen LogP contribution in [0.2, 0.25) is 0 Å². The first-order chi connectivity index (χ1) is 11.2. The maximum absolute atomic E-state index is 12.7. The molecule has 1 saturated carbocycles. The van der Waals surface area contributed by atoms with Crippen molar-refractivity contribution in [3.05, 3.63) is 23.5 Å². The fourth-order valence-corrected chi connectivity index (χ4v) is 3.51. The largest absolute Gasteiger partial charge is 0.506 e. The van der Waals surface area contributed by atoms with Crippen LogP contribution in [0.15, 0.2) is 12.1 Å². The molecule has 3 N–H and O–H groups in total. The van der Waals surface area contributed by atoms with Crippen molar-refractivity contribution >= 4 is 16.8 Å². The number of H-pyrrole nitrogens is 1. The number of Topliss-reactive ketones (excluding diaryl/α,β-unsaturated/α-hetero) is 1. The summed E-state index contributed by atoms with van der Waals surface area (Å²) >= 11 is 0. The average molecular weight is 313 g/mol. The van der Waals surface area contributed by atoms with E-state index in [2.05, 4.69) is 15.3 Å². The molecule has 1 saturated heterocycles. The second-order valence-corrected chi connectivity index (χ2v) is 6.93. The van der Waals surface area contributed by atoms with E-state index in [1.165, 1.54) is 12.8 Å². The number of benzene rings is 1. The number of piperidine rings is 1. The summed E-state index contributed by atoms with van der Waals surface area (Å²) in [5.74, 6) is 2.29. The lowest BCUT2D eigenvalue weighted by atomic mass is 9.92. The molecule has 2 aliphatic rings. The highest BCUT2D eigenvalue weighted by molar-refractivity contribution is 6.07. The highest BCUT2D eigenvalue weighted by Crippen LogP contribution is 2.40. The number of carbonyl (C=O) groups is 1. The number of phenolic OH excluding ortho intramolecular Hbond substituents is 1. The summed E-state index contributed by atoms with van der Waals surface area (Å²) in [6.45, 7) is 2.12. The van der Waals surface area contributed by atoms with Crippen LogP contribution in [0.4, 0.5) is 0 Å². The zero-order chi connectivity index (χ0) is 15.8. The molecule has 1 aliphatic heterocycles. The van der Waals surface area contributed by atoms with E-state index >= 15 is 0 Å². The molecule has 0 amide bonds. The summed E-state index contributed by atoms with van der Waals surface area (Å²) in [6, 6.07) is 3.32. The van der Waals surface area contributed by atoms with Crippen LogP contribution < -0.4 is 5.32 Å². The van der Waals surface area contributed by atoms with E-state index < -0.39 is 0 Å². The van der Waals surface area contributed by atoms with Gasteiger partial charge in [0.2, 0.25) is 0 Å². The molecule has 2 aromatic rings. The quantitative estimate of drug-likeness (QED) is 0.741. The standard InChI is InChI=1S/C18H23N3O2/c22-14(7-3-11-2-1-9-19-10-11)13-6-8-15(23)17-16(13)20-18(21-17)12-4-5-12/h6,8,11-12,19,23H,1-5,7,9-10H2,(H,20,21). The van der Waals surface area contributed by atoms with Crippen molar-refractivity contribution < 1.29 is 9.90 Å². The third-order valence-corrected chi connectivity index (χ3v) is 5.08. The molecule has 1 atom stereocenters. The number of aromatic amines is 1. The number of hydrogen-bond acceptors (Lipinski definition) is 4. The number of fused-ring (bicyclic) bond motifs is 1. The van der Waals surface area contributed by atoms with E-state index in [1.54, 1.807) is 12.1 Å². The van der Waals surface area contributed by atoms with Gasteiger partial charge in [0, 0.05) is 17.9 Å². The molecule has 23 heavy (non-hydrogen) atoms. The van der Waals surface area contributed by atoms with Gasteiger partial charge in [-0.2, -0.15) is 0 Å². The summed E-state index contributed by atoms with van der Waals surface area (Å²) in [6.07, 6.45) is 6.16. The van der Waals surface area contributed by atoms with Gasteiger partial charge in [0.15, 0.2) is 5.78 Å². The Labute approximate surface area is 135 Å². The van der Waals surface area contributed by atoms with Gasteiger partial charge in [0.05, 0.1) is 0 Å². The molecule has 0 spiro atoms. The molecule has 1 aromatic carbocycles. The molecule has 2 heterocycles. The molecule has 0 bridgehead atoms. The Kier molecular flexibility index (Phi) is 3.81. The van der Waals surface area contributed by atoms with E-state index in [0.29, 0.717) is 34.9 Å². The summed E-state index contributed by atoms with van der Waals surface area (Å²) in [7, 11) is 0. The number of ketones is 1. The highest BCUT2D eigenvalue weighted by atomic mass is 16.3. The van der Waals surface area contributed by atoms with Crippen molar-refractivity contribution in [2.45, 2.75) is 44.4 Å². The van der Waals surface area contributed by atoms with Crippen LogP contribution in [0, 0.1) is 5.92 Å². The molecule has 0 radical (unpaired) electrons. The number of carbonyl (C=O) groups excluding carboxylic acids is 1. The topological polar surface area (TPSA) is 78.0 Å². The molecule has 2 fully saturated rings. The summed E-state index contributed by atoms with van der Waals surface area (Å²) < 4.78 is 0. The minimum Gasteiger partial charge on any atom is -0.506 e. The van der Waals surface area contributed by atoms with E-state index in [4.69, 9.17) is 0 Å². The fraction of sp³-hybridized carbons (Fsp3) is 0.556. The monoisotopic (exact) mass is 313 g/mol. The van der Waals surface area contributed by atoms with E-state index in [-0.39, 0.29) is 11.5 Å². The number of imidazole rings is 1. The number of nitrogens with one attached hydrogen (secondary N) is 2. The molecular formula is C18H23N3O2. The van der Waals surface area contributed by atoms with Crippen molar-refractivity contribution in [3.8, 4) is 5.75 Å². The Hall–Kier alpha value is -1.88. The van der Waals surface area contributed by atoms with Gasteiger partial charge < -0.3 is 15.4 Å². The lowest BCUT2D eigenvalue weighted by Gasteiger charge is -2.22. The van der Waals surface area contributed by atoms with Crippen molar-refractivity contribution in [1.29, 1.82) is 0 Å². The zero-order valence-corrected chi connectivity index (χ0v) is 13.3. The van der Waals surface area contributed by atoms with Crippen molar-refractivity contribution in [2.24, 2.45) is 5.92 Å². The van der Waals surface area contributed by atoms with Crippen LogP contribution in [0.3, 0.4) is 0 Å². The molecule has 5 heteroatoms. The van der Waals surface area contributed by atoms with Gasteiger partial charge in [0.1, 0.15) is 22.6 Å². The van der Waals surface area contributed by atoms with E-state index in [1.807, 2.05) is 0 Å². The maximum atomic E-state index is 12.7. The first kappa shape index (κ1) is 14.7. The van der Waals surface area contributed by atoms with Crippen molar-refractivity contribution in [2.75, 3.05) is 13.1 Å². The number of hydrogen-bond donors (Lipinski definition) is 3. The maximum Gasteiger partial charge on any atom is 0.165 e. The minimum absolute atomic E-state index is 0.134. The molecule has 1 aromatic heterocycles. The summed E-state index contributed by atoms with van der Waals surface area (Å²) in [5, 5.41) is 13.4. The van der Waals surface area contributed by atoms with Crippen LogP contribution >= 0.6 is 0 Å². The van der Waals surface area contributed by atoms with Crippen LogP contribution in [0.1, 0.15) is 60.6 Å². The molecule has 1 unspecified atom stereocenters. The minimum atomic E-state index is 0.134. The van der Waals surface area contributed by atoms with Crippen LogP contribution in [0.5, 0.6) is 5.75 Å². The second-order valence-electron chi connectivity index (χ2n) is 6.93. The van der Waals surface area contributed by atoms with Gasteiger partial charge in [-0.15, -0.1) is 0 Å². The number of rotatable bonds is 5. The third kappa shape index (κ3) is 2.98. The third-order valence-electron chi connectivity index (χ3n) is 5.08. The second kappa shape index (κ2) is 5.96. The van der Waals surface area contributed by atoms with Crippen LogP contribution in [-0.4, -0.2) is 33.9 Å². The lowest BCUT2D eigenvalue weighted by Crippen LogP contribution is -2.30. The van der Waals surface area contributed by atoms with Gasteiger partial charge in [0.25, 0.3) is 0 Å². The molecule has 4 rings (SSSR count). The normalized spacial score (nSPS) is 21.7. The number of phenols is 1. The highest BCUT2D eigenvalue weighted by Gasteiger charge is 2.28. The molecule has 122 valence electrons. The summed E-state index contributed by atoms with van der Waals surface area (Å²) in [4.78, 5) is 20.5.